The number of rotatable bonds is 6. The Hall–Kier alpha value is -2.95. The van der Waals surface area contributed by atoms with E-state index in [4.69, 9.17) is 4.74 Å². The molecule has 3 aromatic rings. The summed E-state index contributed by atoms with van der Waals surface area (Å²) in [4.78, 5) is 21.0. The normalized spacial score (nSPS) is 10.7. The number of hydrogen-bond donors (Lipinski definition) is 1. The van der Waals surface area contributed by atoms with Crippen molar-refractivity contribution < 1.29 is 9.53 Å². The molecule has 0 atom stereocenters. The molecule has 26 heavy (non-hydrogen) atoms. The Kier molecular flexibility index (Phi) is 5.46. The maximum atomic E-state index is 12.0. The standard InChI is InChI=1S/C21H23N3O2/c1-4-5-12-26-21(25)16-7-9-17(10-8-16)24-19-13-15(3)23-20-18(19)11-6-14(2)22-20/h6-11,13H,4-5,12H2,1-3H3,(H,22,23,24). The van der Waals surface area contributed by atoms with Crippen molar-refractivity contribution in [2.45, 2.75) is 33.6 Å². The van der Waals surface area contributed by atoms with E-state index < -0.39 is 0 Å². The lowest BCUT2D eigenvalue weighted by Crippen LogP contribution is -2.06. The van der Waals surface area contributed by atoms with Gasteiger partial charge >= 0.3 is 5.97 Å². The molecule has 1 aromatic carbocycles. The number of unbranched alkanes of at least 4 members (excludes halogenated alkanes) is 1. The van der Waals surface area contributed by atoms with Gasteiger partial charge in [-0.05, 0) is 62.7 Å². The number of carbonyl (C=O) groups is 1. The SMILES string of the molecule is CCCCOC(=O)c1ccc(Nc2cc(C)nc3nc(C)ccc23)cc1. The molecule has 2 aromatic heterocycles. The fourth-order valence-corrected chi connectivity index (χ4v) is 2.67. The third-order valence-electron chi connectivity index (χ3n) is 4.07. The van der Waals surface area contributed by atoms with E-state index in [0.717, 1.165) is 46.6 Å². The summed E-state index contributed by atoms with van der Waals surface area (Å²) in [5, 5.41) is 4.36. The summed E-state index contributed by atoms with van der Waals surface area (Å²) in [6.07, 6.45) is 1.89. The number of fused-ring (bicyclic) bond motifs is 1. The summed E-state index contributed by atoms with van der Waals surface area (Å²) in [5.41, 5.74) is 4.95. The quantitative estimate of drug-likeness (QED) is 0.504. The van der Waals surface area contributed by atoms with Gasteiger partial charge in [0.2, 0.25) is 0 Å². The predicted molar refractivity (Wildman–Crippen MR) is 104 cm³/mol. The first-order chi connectivity index (χ1) is 12.6. The van der Waals surface area contributed by atoms with E-state index in [1.165, 1.54) is 0 Å². The Morgan fingerprint density at radius 3 is 2.50 bits per heavy atom. The van der Waals surface area contributed by atoms with Gasteiger partial charge in [-0.1, -0.05) is 13.3 Å². The minimum absolute atomic E-state index is 0.283. The van der Waals surface area contributed by atoms with E-state index in [2.05, 4.69) is 22.2 Å². The molecule has 0 bridgehead atoms. The molecule has 134 valence electrons. The first kappa shape index (κ1) is 17.9. The zero-order valence-electron chi connectivity index (χ0n) is 15.4. The molecule has 0 aliphatic heterocycles. The number of anilines is 2. The number of pyridine rings is 2. The second kappa shape index (κ2) is 7.95. The fourth-order valence-electron chi connectivity index (χ4n) is 2.67. The average molecular weight is 349 g/mol. The van der Waals surface area contributed by atoms with Gasteiger partial charge in [-0.3, -0.25) is 0 Å². The first-order valence-electron chi connectivity index (χ1n) is 8.86. The molecular weight excluding hydrogens is 326 g/mol. The molecule has 0 aliphatic rings. The van der Waals surface area contributed by atoms with Crippen LogP contribution < -0.4 is 5.32 Å². The van der Waals surface area contributed by atoms with Gasteiger partial charge in [-0.25, -0.2) is 14.8 Å². The van der Waals surface area contributed by atoms with Crippen LogP contribution in [0.4, 0.5) is 11.4 Å². The highest BCUT2D eigenvalue weighted by Crippen LogP contribution is 2.26. The monoisotopic (exact) mass is 349 g/mol. The van der Waals surface area contributed by atoms with Crippen molar-refractivity contribution in [1.82, 2.24) is 9.97 Å². The van der Waals surface area contributed by atoms with Crippen molar-refractivity contribution in [1.29, 1.82) is 0 Å². The van der Waals surface area contributed by atoms with Crippen molar-refractivity contribution in [3.05, 3.63) is 59.4 Å². The predicted octanol–water partition coefficient (Wildman–Crippen LogP) is 4.95. The number of hydrogen-bond acceptors (Lipinski definition) is 5. The van der Waals surface area contributed by atoms with Crippen molar-refractivity contribution in [2.24, 2.45) is 0 Å². The number of nitrogens with zero attached hydrogens (tertiary/aromatic N) is 2. The third-order valence-corrected chi connectivity index (χ3v) is 4.07. The first-order valence-corrected chi connectivity index (χ1v) is 8.86. The molecule has 5 heteroatoms. The molecule has 0 saturated carbocycles. The van der Waals surface area contributed by atoms with Gasteiger partial charge in [0.15, 0.2) is 5.65 Å². The highest BCUT2D eigenvalue weighted by Gasteiger charge is 2.09. The summed E-state index contributed by atoms with van der Waals surface area (Å²) >= 11 is 0. The Bertz CT molecular complexity index is 915. The molecule has 5 nitrogen and oxygen atoms in total. The summed E-state index contributed by atoms with van der Waals surface area (Å²) < 4.78 is 5.24. The second-order valence-electron chi connectivity index (χ2n) is 6.33. The zero-order valence-corrected chi connectivity index (χ0v) is 15.4. The Morgan fingerprint density at radius 1 is 1.04 bits per heavy atom. The van der Waals surface area contributed by atoms with Crippen LogP contribution >= 0.6 is 0 Å². The van der Waals surface area contributed by atoms with Crippen molar-refractivity contribution in [3.63, 3.8) is 0 Å². The largest absolute Gasteiger partial charge is 0.462 e. The maximum absolute atomic E-state index is 12.0. The van der Waals surface area contributed by atoms with E-state index in [-0.39, 0.29) is 5.97 Å². The van der Waals surface area contributed by atoms with Gasteiger partial charge in [-0.15, -0.1) is 0 Å². The lowest BCUT2D eigenvalue weighted by molar-refractivity contribution is 0.0500. The Morgan fingerprint density at radius 2 is 1.77 bits per heavy atom. The minimum atomic E-state index is -0.283. The van der Waals surface area contributed by atoms with Crippen LogP contribution in [0.25, 0.3) is 11.0 Å². The number of nitrogens with one attached hydrogen (secondary N) is 1. The molecule has 0 unspecified atom stereocenters. The number of ether oxygens (including phenoxy) is 1. The van der Waals surface area contributed by atoms with Crippen molar-refractivity contribution in [3.8, 4) is 0 Å². The highest BCUT2D eigenvalue weighted by atomic mass is 16.5. The number of aryl methyl sites for hydroxylation is 2. The average Bonchev–Trinajstić information content (AvgIpc) is 2.62. The third kappa shape index (κ3) is 4.17. The van der Waals surface area contributed by atoms with Crippen LogP contribution in [0.3, 0.4) is 0 Å². The van der Waals surface area contributed by atoms with Crippen LogP contribution in [0, 0.1) is 13.8 Å². The number of aromatic nitrogens is 2. The van der Waals surface area contributed by atoms with Crippen LogP contribution in [-0.4, -0.2) is 22.5 Å². The summed E-state index contributed by atoms with van der Waals surface area (Å²) in [6.45, 7) is 6.43. The van der Waals surface area contributed by atoms with Crippen molar-refractivity contribution >= 4 is 28.4 Å². The number of benzene rings is 1. The summed E-state index contributed by atoms with van der Waals surface area (Å²) in [6, 6.07) is 13.3. The molecule has 0 radical (unpaired) electrons. The van der Waals surface area contributed by atoms with Gasteiger partial charge in [-0.2, -0.15) is 0 Å². The molecule has 0 fully saturated rings. The summed E-state index contributed by atoms with van der Waals surface area (Å²) in [5.74, 6) is -0.283. The molecule has 1 N–H and O–H groups in total. The number of carbonyl (C=O) groups excluding carboxylic acids is 1. The summed E-state index contributed by atoms with van der Waals surface area (Å²) in [7, 11) is 0. The van der Waals surface area contributed by atoms with Crippen LogP contribution in [0.15, 0.2) is 42.5 Å². The highest BCUT2D eigenvalue weighted by molar-refractivity contribution is 5.92. The Labute approximate surface area is 153 Å². The van der Waals surface area contributed by atoms with Crippen LogP contribution in [0.5, 0.6) is 0 Å². The zero-order chi connectivity index (χ0) is 18.5. The molecule has 0 spiro atoms. The van der Waals surface area contributed by atoms with E-state index in [1.54, 1.807) is 12.1 Å². The molecule has 0 saturated heterocycles. The van der Waals surface area contributed by atoms with E-state index >= 15 is 0 Å². The van der Waals surface area contributed by atoms with E-state index in [9.17, 15) is 4.79 Å². The van der Waals surface area contributed by atoms with Gasteiger partial charge in [0.25, 0.3) is 0 Å². The van der Waals surface area contributed by atoms with Gasteiger partial charge in [0.1, 0.15) is 0 Å². The van der Waals surface area contributed by atoms with Crippen molar-refractivity contribution in [2.75, 3.05) is 11.9 Å². The van der Waals surface area contributed by atoms with Crippen LogP contribution in [-0.2, 0) is 4.74 Å². The molecule has 3 rings (SSSR count). The fraction of sp³-hybridized carbons (Fsp3) is 0.286. The van der Waals surface area contributed by atoms with Crippen LogP contribution in [0.1, 0.15) is 41.5 Å². The van der Waals surface area contributed by atoms with Gasteiger partial charge in [0.05, 0.1) is 17.9 Å². The van der Waals surface area contributed by atoms with Gasteiger partial charge < -0.3 is 10.1 Å². The molecular formula is C21H23N3O2. The topological polar surface area (TPSA) is 64.1 Å². The molecule has 0 aliphatic carbocycles. The second-order valence-corrected chi connectivity index (χ2v) is 6.33. The lowest BCUT2D eigenvalue weighted by atomic mass is 10.1. The van der Waals surface area contributed by atoms with E-state index in [1.807, 2.05) is 44.2 Å². The molecule has 0 amide bonds. The minimum Gasteiger partial charge on any atom is -0.462 e. The molecule has 2 heterocycles. The van der Waals surface area contributed by atoms with Crippen LogP contribution in [0.2, 0.25) is 0 Å². The Balaban J connectivity index is 1.79. The maximum Gasteiger partial charge on any atom is 0.338 e. The lowest BCUT2D eigenvalue weighted by Gasteiger charge is -2.11. The van der Waals surface area contributed by atoms with Gasteiger partial charge in [0, 0.05) is 22.5 Å². The smallest absolute Gasteiger partial charge is 0.338 e. The van der Waals surface area contributed by atoms with E-state index in [0.29, 0.717) is 12.2 Å². The number of esters is 1.